The molecule has 3 rings (SSSR count). The lowest BCUT2D eigenvalue weighted by Crippen LogP contribution is -2.48. The maximum atomic E-state index is 13.0. The molecule has 1 heterocycles. The summed E-state index contributed by atoms with van der Waals surface area (Å²) < 4.78 is 0. The van der Waals surface area contributed by atoms with Gasteiger partial charge in [0.1, 0.15) is 0 Å². The summed E-state index contributed by atoms with van der Waals surface area (Å²) in [6, 6.07) is 8.34. The molecule has 20 heavy (non-hydrogen) atoms. The summed E-state index contributed by atoms with van der Waals surface area (Å²) in [5.41, 5.74) is 7.44. The summed E-state index contributed by atoms with van der Waals surface area (Å²) in [5.74, 6) is 0.355. The molecule has 3 nitrogen and oxygen atoms in total. The van der Waals surface area contributed by atoms with Gasteiger partial charge in [-0.1, -0.05) is 19.1 Å². The number of hydrogen-bond donors (Lipinski definition) is 1. The molecule has 1 saturated carbocycles. The third-order valence-electron chi connectivity index (χ3n) is 4.98. The summed E-state index contributed by atoms with van der Waals surface area (Å²) in [4.78, 5) is 15.2. The van der Waals surface area contributed by atoms with Crippen molar-refractivity contribution in [3.05, 3.63) is 29.8 Å². The van der Waals surface area contributed by atoms with Gasteiger partial charge in [-0.05, 0) is 56.2 Å². The second-order valence-electron chi connectivity index (χ2n) is 6.26. The SMILES string of the molecule is CCC1CCCCN1C(=O)C1(c2ccc(N)cc2)CC1. The fraction of sp³-hybridized carbons (Fsp3) is 0.588. The molecule has 1 atom stereocenters. The average molecular weight is 272 g/mol. The highest BCUT2D eigenvalue weighted by atomic mass is 16.2. The van der Waals surface area contributed by atoms with Crippen LogP contribution in [0.15, 0.2) is 24.3 Å². The normalized spacial score (nSPS) is 24.4. The van der Waals surface area contributed by atoms with Gasteiger partial charge in [-0.3, -0.25) is 4.79 Å². The minimum atomic E-state index is -0.238. The molecule has 0 bridgehead atoms. The lowest BCUT2D eigenvalue weighted by molar-refractivity contribution is -0.137. The van der Waals surface area contributed by atoms with E-state index in [4.69, 9.17) is 5.73 Å². The van der Waals surface area contributed by atoms with Crippen molar-refractivity contribution in [1.82, 2.24) is 4.90 Å². The Morgan fingerprint density at radius 1 is 1.30 bits per heavy atom. The molecule has 1 aromatic rings. The molecule has 1 saturated heterocycles. The number of nitrogens with two attached hydrogens (primary N) is 1. The van der Waals surface area contributed by atoms with E-state index in [1.165, 1.54) is 12.8 Å². The largest absolute Gasteiger partial charge is 0.399 e. The molecule has 1 aliphatic carbocycles. The van der Waals surface area contributed by atoms with Gasteiger partial charge in [0, 0.05) is 18.3 Å². The fourth-order valence-electron chi connectivity index (χ4n) is 3.52. The smallest absolute Gasteiger partial charge is 0.233 e. The Bertz CT molecular complexity index is 490. The van der Waals surface area contributed by atoms with E-state index in [0.717, 1.165) is 43.5 Å². The van der Waals surface area contributed by atoms with E-state index in [1.54, 1.807) is 0 Å². The van der Waals surface area contributed by atoms with Crippen molar-refractivity contribution in [3.8, 4) is 0 Å². The van der Waals surface area contributed by atoms with Gasteiger partial charge >= 0.3 is 0 Å². The Hall–Kier alpha value is -1.51. The standard InChI is InChI=1S/C17H24N2O/c1-2-15-5-3-4-12-19(15)16(20)17(10-11-17)13-6-8-14(18)9-7-13/h6-9,15H,2-5,10-12,18H2,1H3. The zero-order valence-corrected chi connectivity index (χ0v) is 12.3. The molecule has 1 aliphatic heterocycles. The number of likely N-dealkylation sites (tertiary alicyclic amines) is 1. The molecular weight excluding hydrogens is 248 g/mol. The van der Waals surface area contributed by atoms with Gasteiger partial charge in [0.25, 0.3) is 0 Å². The number of hydrogen-bond acceptors (Lipinski definition) is 2. The number of nitrogens with zero attached hydrogens (tertiary/aromatic N) is 1. The van der Waals surface area contributed by atoms with Crippen molar-refractivity contribution in [2.45, 2.75) is 56.9 Å². The van der Waals surface area contributed by atoms with Crippen molar-refractivity contribution in [2.24, 2.45) is 0 Å². The van der Waals surface area contributed by atoms with E-state index in [1.807, 2.05) is 24.3 Å². The summed E-state index contributed by atoms with van der Waals surface area (Å²) >= 11 is 0. The van der Waals surface area contributed by atoms with Crippen LogP contribution >= 0.6 is 0 Å². The number of rotatable bonds is 3. The first kappa shape index (κ1) is 13.5. The highest BCUT2D eigenvalue weighted by Gasteiger charge is 2.53. The van der Waals surface area contributed by atoms with Crippen LogP contribution in [0, 0.1) is 0 Å². The van der Waals surface area contributed by atoms with Crippen LogP contribution in [0.2, 0.25) is 0 Å². The van der Waals surface area contributed by atoms with E-state index in [2.05, 4.69) is 11.8 Å². The van der Waals surface area contributed by atoms with E-state index >= 15 is 0 Å². The molecule has 3 heteroatoms. The number of nitrogen functional groups attached to an aromatic ring is 1. The summed E-state index contributed by atoms with van der Waals surface area (Å²) in [6.07, 6.45) is 6.63. The van der Waals surface area contributed by atoms with Crippen LogP contribution in [0.3, 0.4) is 0 Å². The predicted molar refractivity (Wildman–Crippen MR) is 81.4 cm³/mol. The summed E-state index contributed by atoms with van der Waals surface area (Å²) in [6.45, 7) is 3.13. The number of anilines is 1. The molecule has 2 aliphatic rings. The molecule has 2 fully saturated rings. The lowest BCUT2D eigenvalue weighted by Gasteiger charge is -2.38. The van der Waals surface area contributed by atoms with Gasteiger partial charge in [0.2, 0.25) is 5.91 Å². The predicted octanol–water partition coefficient (Wildman–Crippen LogP) is 3.09. The maximum Gasteiger partial charge on any atom is 0.233 e. The van der Waals surface area contributed by atoms with Crippen LogP contribution in [-0.4, -0.2) is 23.4 Å². The van der Waals surface area contributed by atoms with Gasteiger partial charge in [0.05, 0.1) is 5.41 Å². The Labute approximate surface area is 121 Å². The van der Waals surface area contributed by atoms with Crippen LogP contribution < -0.4 is 5.73 Å². The first-order chi connectivity index (χ1) is 9.67. The van der Waals surface area contributed by atoms with Crippen LogP contribution in [0.1, 0.15) is 51.0 Å². The summed E-state index contributed by atoms with van der Waals surface area (Å²) in [5, 5.41) is 0. The molecule has 0 aromatic heterocycles. The van der Waals surface area contributed by atoms with Crippen molar-refractivity contribution in [2.75, 3.05) is 12.3 Å². The molecule has 0 radical (unpaired) electrons. The molecule has 1 unspecified atom stereocenters. The van der Waals surface area contributed by atoms with Crippen LogP contribution in [0.25, 0.3) is 0 Å². The van der Waals surface area contributed by atoms with Gasteiger partial charge in [-0.2, -0.15) is 0 Å². The highest BCUT2D eigenvalue weighted by molar-refractivity contribution is 5.91. The first-order valence-electron chi connectivity index (χ1n) is 7.84. The third kappa shape index (κ3) is 2.19. The third-order valence-corrected chi connectivity index (χ3v) is 4.98. The molecule has 108 valence electrons. The Kier molecular flexibility index (Phi) is 3.45. The Morgan fingerprint density at radius 2 is 2.00 bits per heavy atom. The van der Waals surface area contributed by atoms with Gasteiger partial charge in [0.15, 0.2) is 0 Å². The number of carbonyl (C=O) groups excluding carboxylic acids is 1. The van der Waals surface area contributed by atoms with Crippen molar-refractivity contribution >= 4 is 11.6 Å². The second kappa shape index (κ2) is 5.12. The minimum Gasteiger partial charge on any atom is -0.399 e. The quantitative estimate of drug-likeness (QED) is 0.859. The number of piperidine rings is 1. The lowest BCUT2D eigenvalue weighted by atomic mass is 9.91. The van der Waals surface area contributed by atoms with Crippen LogP contribution in [0.5, 0.6) is 0 Å². The zero-order valence-electron chi connectivity index (χ0n) is 12.3. The Morgan fingerprint density at radius 3 is 2.60 bits per heavy atom. The molecule has 0 spiro atoms. The number of benzene rings is 1. The monoisotopic (exact) mass is 272 g/mol. The summed E-state index contributed by atoms with van der Waals surface area (Å²) in [7, 11) is 0. The molecular formula is C17H24N2O. The molecule has 1 aromatic carbocycles. The maximum absolute atomic E-state index is 13.0. The minimum absolute atomic E-state index is 0.238. The number of carbonyl (C=O) groups is 1. The topological polar surface area (TPSA) is 46.3 Å². The van der Waals surface area contributed by atoms with Crippen molar-refractivity contribution in [1.29, 1.82) is 0 Å². The van der Waals surface area contributed by atoms with Crippen molar-refractivity contribution in [3.63, 3.8) is 0 Å². The van der Waals surface area contributed by atoms with Gasteiger partial charge in [-0.15, -0.1) is 0 Å². The molecule has 1 amide bonds. The van der Waals surface area contributed by atoms with Crippen LogP contribution in [0.4, 0.5) is 5.69 Å². The highest BCUT2D eigenvalue weighted by Crippen LogP contribution is 2.50. The Balaban J connectivity index is 1.83. The average Bonchev–Trinajstić information content (AvgIpc) is 3.29. The van der Waals surface area contributed by atoms with E-state index in [0.29, 0.717) is 11.9 Å². The van der Waals surface area contributed by atoms with Crippen molar-refractivity contribution < 1.29 is 4.79 Å². The fourth-order valence-corrected chi connectivity index (χ4v) is 3.52. The molecule has 2 N–H and O–H groups in total. The van der Waals surface area contributed by atoms with Crippen LogP contribution in [-0.2, 0) is 10.2 Å². The van der Waals surface area contributed by atoms with E-state index < -0.39 is 0 Å². The second-order valence-corrected chi connectivity index (χ2v) is 6.26. The number of amides is 1. The first-order valence-corrected chi connectivity index (χ1v) is 7.84. The van der Waals surface area contributed by atoms with E-state index in [9.17, 15) is 4.79 Å². The van der Waals surface area contributed by atoms with Gasteiger partial charge < -0.3 is 10.6 Å². The van der Waals surface area contributed by atoms with Gasteiger partial charge in [-0.25, -0.2) is 0 Å². The zero-order chi connectivity index (χ0) is 14.2. The van der Waals surface area contributed by atoms with E-state index in [-0.39, 0.29) is 5.41 Å².